The number of nitrogens with one attached hydrogen (secondary N) is 1. The lowest BCUT2D eigenvalue weighted by Crippen LogP contribution is -2.13. The molecule has 0 saturated heterocycles. The Balaban J connectivity index is 1.63. The lowest BCUT2D eigenvalue weighted by Gasteiger charge is -2.13. The summed E-state index contributed by atoms with van der Waals surface area (Å²) in [4.78, 5) is 1.33. The molecule has 124 valence electrons. The van der Waals surface area contributed by atoms with Gasteiger partial charge >= 0.3 is 0 Å². The molecule has 1 N–H and O–H groups in total. The third-order valence-corrected chi connectivity index (χ3v) is 5.11. The highest BCUT2D eigenvalue weighted by Crippen LogP contribution is 2.25. The van der Waals surface area contributed by atoms with Gasteiger partial charge in [0.1, 0.15) is 12.4 Å². The molecular formula is C19H17BrClNOS. The summed E-state index contributed by atoms with van der Waals surface area (Å²) >= 11 is 11.3. The molecule has 0 radical (unpaired) electrons. The topological polar surface area (TPSA) is 21.3 Å². The van der Waals surface area contributed by atoms with Crippen LogP contribution >= 0.6 is 38.9 Å². The molecule has 2 nitrogen and oxygen atoms in total. The maximum Gasteiger partial charge on any atom is 0.124 e. The molecule has 0 saturated carbocycles. The van der Waals surface area contributed by atoms with Crippen LogP contribution in [0.1, 0.15) is 16.0 Å². The standard InChI is InChI=1S/C19H17BrClNOS/c20-16-6-7-19(23-13-14-3-1-4-17(21)9-14)15(10-16)11-22-12-18-5-2-8-24-18/h1-10,22H,11-13H2. The van der Waals surface area contributed by atoms with Crippen LogP contribution in [0.4, 0.5) is 0 Å². The second-order valence-electron chi connectivity index (χ2n) is 5.35. The Kier molecular flexibility index (Phi) is 6.32. The van der Waals surface area contributed by atoms with Gasteiger partial charge in [-0.2, -0.15) is 0 Å². The quantitative estimate of drug-likeness (QED) is 0.501. The predicted molar refractivity (Wildman–Crippen MR) is 105 cm³/mol. The van der Waals surface area contributed by atoms with Crippen molar-refractivity contribution in [3.63, 3.8) is 0 Å². The summed E-state index contributed by atoms with van der Waals surface area (Å²) in [6, 6.07) is 18.0. The van der Waals surface area contributed by atoms with Gasteiger partial charge in [0.25, 0.3) is 0 Å². The van der Waals surface area contributed by atoms with E-state index in [0.717, 1.165) is 39.5 Å². The van der Waals surface area contributed by atoms with Crippen LogP contribution in [0.25, 0.3) is 0 Å². The minimum absolute atomic E-state index is 0.500. The number of benzene rings is 2. The first-order valence-corrected chi connectivity index (χ1v) is 9.64. The van der Waals surface area contributed by atoms with Gasteiger partial charge in [0.15, 0.2) is 0 Å². The normalized spacial score (nSPS) is 10.8. The SMILES string of the molecule is Clc1cccc(COc2ccc(Br)cc2CNCc2cccs2)c1. The number of ether oxygens (including phenoxy) is 1. The molecule has 5 heteroatoms. The average Bonchev–Trinajstić information content (AvgIpc) is 3.07. The minimum Gasteiger partial charge on any atom is -0.489 e. The zero-order valence-corrected chi connectivity index (χ0v) is 16.1. The van der Waals surface area contributed by atoms with Crippen LogP contribution in [0.15, 0.2) is 64.5 Å². The van der Waals surface area contributed by atoms with Crippen LogP contribution in [0, 0.1) is 0 Å². The summed E-state index contributed by atoms with van der Waals surface area (Å²) < 4.78 is 7.05. The Morgan fingerprint density at radius 2 is 1.96 bits per heavy atom. The zero-order valence-electron chi connectivity index (χ0n) is 13.0. The first kappa shape index (κ1) is 17.5. The summed E-state index contributed by atoms with van der Waals surface area (Å²) in [5, 5.41) is 6.29. The van der Waals surface area contributed by atoms with Crippen molar-refractivity contribution < 1.29 is 4.74 Å². The fourth-order valence-corrected chi connectivity index (χ4v) is 3.64. The molecule has 0 aliphatic heterocycles. The highest BCUT2D eigenvalue weighted by molar-refractivity contribution is 9.10. The molecule has 0 unspecified atom stereocenters. The molecule has 0 bridgehead atoms. The van der Waals surface area contributed by atoms with Gasteiger partial charge in [-0.3, -0.25) is 0 Å². The number of hydrogen-bond donors (Lipinski definition) is 1. The van der Waals surface area contributed by atoms with Crippen LogP contribution in [-0.2, 0) is 19.7 Å². The fraction of sp³-hybridized carbons (Fsp3) is 0.158. The first-order chi connectivity index (χ1) is 11.7. The smallest absolute Gasteiger partial charge is 0.124 e. The summed E-state index contributed by atoms with van der Waals surface area (Å²) in [7, 11) is 0. The molecule has 0 spiro atoms. The summed E-state index contributed by atoms with van der Waals surface area (Å²) in [6.07, 6.45) is 0. The molecule has 0 aliphatic carbocycles. The van der Waals surface area contributed by atoms with Gasteiger partial charge in [-0.05, 0) is 47.3 Å². The van der Waals surface area contributed by atoms with E-state index in [2.05, 4.69) is 44.8 Å². The number of halogens is 2. The molecule has 1 aromatic heterocycles. The van der Waals surface area contributed by atoms with Gasteiger partial charge in [-0.25, -0.2) is 0 Å². The summed E-state index contributed by atoms with van der Waals surface area (Å²) in [5.41, 5.74) is 2.19. The largest absolute Gasteiger partial charge is 0.489 e. The molecule has 3 rings (SSSR count). The van der Waals surface area contributed by atoms with Crippen LogP contribution in [0.2, 0.25) is 5.02 Å². The van der Waals surface area contributed by atoms with Crippen LogP contribution in [-0.4, -0.2) is 0 Å². The van der Waals surface area contributed by atoms with E-state index in [9.17, 15) is 0 Å². The average molecular weight is 423 g/mol. The lowest BCUT2D eigenvalue weighted by atomic mass is 10.2. The van der Waals surface area contributed by atoms with Crippen molar-refractivity contribution in [2.75, 3.05) is 0 Å². The van der Waals surface area contributed by atoms with E-state index in [1.165, 1.54) is 4.88 Å². The minimum atomic E-state index is 0.500. The molecule has 1 heterocycles. The van der Waals surface area contributed by atoms with Gasteiger partial charge in [0, 0.05) is 33.0 Å². The first-order valence-electron chi connectivity index (χ1n) is 7.59. The summed E-state index contributed by atoms with van der Waals surface area (Å²) in [5.74, 6) is 0.886. The van der Waals surface area contributed by atoms with Crippen LogP contribution in [0.5, 0.6) is 5.75 Å². The Labute approximate surface area is 159 Å². The molecule has 0 aliphatic rings. The Morgan fingerprint density at radius 3 is 2.75 bits per heavy atom. The van der Waals surface area contributed by atoms with Crippen molar-refractivity contribution >= 4 is 38.9 Å². The molecule has 0 amide bonds. The van der Waals surface area contributed by atoms with Crippen molar-refractivity contribution in [1.82, 2.24) is 5.32 Å². The van der Waals surface area contributed by atoms with Crippen molar-refractivity contribution in [2.24, 2.45) is 0 Å². The Hall–Kier alpha value is -1.33. The van der Waals surface area contributed by atoms with E-state index in [0.29, 0.717) is 6.61 Å². The van der Waals surface area contributed by atoms with E-state index in [1.54, 1.807) is 11.3 Å². The van der Waals surface area contributed by atoms with Crippen LogP contribution < -0.4 is 10.1 Å². The van der Waals surface area contributed by atoms with E-state index in [-0.39, 0.29) is 0 Å². The zero-order chi connectivity index (χ0) is 16.8. The van der Waals surface area contributed by atoms with Crippen molar-refractivity contribution in [1.29, 1.82) is 0 Å². The van der Waals surface area contributed by atoms with E-state index < -0.39 is 0 Å². The van der Waals surface area contributed by atoms with Gasteiger partial charge in [-0.15, -0.1) is 11.3 Å². The molecule has 24 heavy (non-hydrogen) atoms. The summed E-state index contributed by atoms with van der Waals surface area (Å²) in [6.45, 7) is 2.11. The van der Waals surface area contributed by atoms with Gasteiger partial charge in [0.2, 0.25) is 0 Å². The predicted octanol–water partition coefficient (Wildman–Crippen LogP) is 6.03. The molecular weight excluding hydrogens is 406 g/mol. The fourth-order valence-electron chi connectivity index (χ4n) is 2.35. The van der Waals surface area contributed by atoms with E-state index in [4.69, 9.17) is 16.3 Å². The third-order valence-electron chi connectivity index (χ3n) is 3.50. The molecule has 0 atom stereocenters. The highest BCUT2D eigenvalue weighted by atomic mass is 79.9. The number of hydrogen-bond acceptors (Lipinski definition) is 3. The molecule has 3 aromatic rings. The second kappa shape index (κ2) is 8.67. The number of rotatable bonds is 7. The maximum atomic E-state index is 6.03. The van der Waals surface area contributed by atoms with Gasteiger partial charge in [-0.1, -0.05) is 45.7 Å². The number of thiophene rings is 1. The monoisotopic (exact) mass is 421 g/mol. The molecule has 2 aromatic carbocycles. The second-order valence-corrected chi connectivity index (χ2v) is 7.74. The van der Waals surface area contributed by atoms with Crippen molar-refractivity contribution in [3.05, 3.63) is 85.5 Å². The Bertz CT molecular complexity index is 792. The van der Waals surface area contributed by atoms with Gasteiger partial charge in [0.05, 0.1) is 0 Å². The third kappa shape index (κ3) is 5.08. The Morgan fingerprint density at radius 1 is 1.04 bits per heavy atom. The molecule has 0 fully saturated rings. The van der Waals surface area contributed by atoms with Crippen LogP contribution in [0.3, 0.4) is 0 Å². The van der Waals surface area contributed by atoms with E-state index in [1.807, 2.05) is 36.4 Å². The van der Waals surface area contributed by atoms with E-state index >= 15 is 0 Å². The van der Waals surface area contributed by atoms with Crippen molar-refractivity contribution in [3.8, 4) is 5.75 Å². The highest BCUT2D eigenvalue weighted by Gasteiger charge is 2.06. The van der Waals surface area contributed by atoms with Crippen molar-refractivity contribution in [2.45, 2.75) is 19.7 Å². The maximum absolute atomic E-state index is 6.03. The lowest BCUT2D eigenvalue weighted by molar-refractivity contribution is 0.302. The van der Waals surface area contributed by atoms with Gasteiger partial charge < -0.3 is 10.1 Å².